The fraction of sp³-hybridized carbons (Fsp3) is 0.188. The zero-order valence-electron chi connectivity index (χ0n) is 12.0. The molecule has 0 saturated heterocycles. The van der Waals surface area contributed by atoms with E-state index in [4.69, 9.17) is 4.42 Å². The molecule has 4 rings (SSSR count). The molecule has 23 heavy (non-hydrogen) atoms. The quantitative estimate of drug-likeness (QED) is 0.758. The minimum absolute atomic E-state index is 0.0132. The van der Waals surface area contributed by atoms with Crippen LogP contribution in [0.25, 0.3) is 0 Å². The molecule has 2 unspecified atom stereocenters. The van der Waals surface area contributed by atoms with Crippen LogP contribution >= 0.6 is 23.1 Å². The van der Waals surface area contributed by atoms with Crippen molar-refractivity contribution in [2.75, 3.05) is 5.32 Å². The minimum Gasteiger partial charge on any atom is -0.469 e. The van der Waals surface area contributed by atoms with Crippen LogP contribution in [0.15, 0.2) is 61.8 Å². The molecule has 116 valence electrons. The summed E-state index contributed by atoms with van der Waals surface area (Å²) in [6.07, 6.45) is 2.49. The summed E-state index contributed by atoms with van der Waals surface area (Å²) in [5.74, 6) is 1.12. The monoisotopic (exact) mass is 343 g/mol. The molecule has 0 spiro atoms. The smallest absolute Gasteiger partial charge is 0.228 e. The molecule has 1 aromatic carbocycles. The van der Waals surface area contributed by atoms with Crippen molar-refractivity contribution >= 4 is 34.7 Å². The van der Waals surface area contributed by atoms with Gasteiger partial charge in [-0.05, 0) is 30.7 Å². The predicted molar refractivity (Wildman–Crippen MR) is 88.7 cm³/mol. The average Bonchev–Trinajstić information content (AvgIpc) is 2.97. The summed E-state index contributed by atoms with van der Waals surface area (Å²) in [5, 5.41) is 10.9. The number of nitrogens with one attached hydrogen (secondary N) is 1. The van der Waals surface area contributed by atoms with Gasteiger partial charge >= 0.3 is 0 Å². The molecule has 1 aliphatic rings. The molecule has 2 aromatic heterocycles. The highest BCUT2D eigenvalue weighted by Crippen LogP contribution is 2.48. The number of anilines is 1. The number of aromatic nitrogens is 2. The van der Waals surface area contributed by atoms with E-state index in [1.807, 2.05) is 36.4 Å². The third-order valence-corrected chi connectivity index (χ3v) is 5.57. The van der Waals surface area contributed by atoms with Gasteiger partial charge in [-0.1, -0.05) is 35.2 Å². The van der Waals surface area contributed by atoms with E-state index in [-0.39, 0.29) is 17.7 Å². The van der Waals surface area contributed by atoms with E-state index in [1.165, 1.54) is 23.1 Å². The van der Waals surface area contributed by atoms with E-state index in [1.54, 1.807) is 11.8 Å². The van der Waals surface area contributed by atoms with Crippen LogP contribution in [0, 0.1) is 5.92 Å². The first kappa shape index (κ1) is 14.5. The summed E-state index contributed by atoms with van der Waals surface area (Å²) < 4.78 is 6.24. The van der Waals surface area contributed by atoms with Crippen molar-refractivity contribution in [2.45, 2.75) is 21.6 Å². The van der Waals surface area contributed by atoms with Crippen molar-refractivity contribution in [2.24, 2.45) is 5.92 Å². The molecule has 1 saturated carbocycles. The highest BCUT2D eigenvalue weighted by molar-refractivity contribution is 8.01. The van der Waals surface area contributed by atoms with E-state index in [9.17, 15) is 4.79 Å². The largest absolute Gasteiger partial charge is 0.469 e. The summed E-state index contributed by atoms with van der Waals surface area (Å²) >= 11 is 2.98. The number of para-hydroxylation sites is 1. The van der Waals surface area contributed by atoms with Crippen LogP contribution in [0.2, 0.25) is 0 Å². The van der Waals surface area contributed by atoms with Gasteiger partial charge < -0.3 is 9.73 Å². The van der Waals surface area contributed by atoms with Gasteiger partial charge in [0.15, 0.2) is 4.34 Å². The summed E-state index contributed by atoms with van der Waals surface area (Å²) in [5.41, 5.74) is 2.50. The summed E-state index contributed by atoms with van der Waals surface area (Å²) in [6.45, 7) is 0. The Morgan fingerprint density at radius 3 is 3.00 bits per heavy atom. The second kappa shape index (κ2) is 6.17. The zero-order chi connectivity index (χ0) is 15.6. The second-order valence-corrected chi connectivity index (χ2v) is 7.38. The number of hydrogen-bond donors (Lipinski definition) is 1. The lowest BCUT2D eigenvalue weighted by Crippen LogP contribution is -2.15. The van der Waals surface area contributed by atoms with E-state index < -0.39 is 0 Å². The van der Waals surface area contributed by atoms with Crippen LogP contribution in [0.1, 0.15) is 18.1 Å². The molecule has 1 fully saturated rings. The normalized spacial score (nSPS) is 19.5. The third-order valence-electron chi connectivity index (χ3n) is 3.72. The van der Waals surface area contributed by atoms with Gasteiger partial charge in [0, 0.05) is 16.7 Å². The fourth-order valence-corrected chi connectivity index (χ4v) is 4.01. The maximum absolute atomic E-state index is 12.4. The molecular weight excluding hydrogens is 330 g/mol. The first-order chi connectivity index (χ1) is 11.3. The number of amides is 1. The third kappa shape index (κ3) is 3.16. The van der Waals surface area contributed by atoms with Crippen molar-refractivity contribution in [1.82, 2.24) is 10.2 Å². The van der Waals surface area contributed by atoms with Crippen molar-refractivity contribution in [1.29, 1.82) is 0 Å². The average molecular weight is 343 g/mol. The Labute approximate surface area is 141 Å². The van der Waals surface area contributed by atoms with Crippen LogP contribution in [0.4, 0.5) is 5.69 Å². The van der Waals surface area contributed by atoms with Gasteiger partial charge in [0.1, 0.15) is 11.3 Å². The Balaban J connectivity index is 1.46. The molecule has 0 bridgehead atoms. The number of carbonyl (C=O) groups excluding carboxylic acids is 1. The van der Waals surface area contributed by atoms with Crippen LogP contribution < -0.4 is 5.32 Å². The van der Waals surface area contributed by atoms with Crippen LogP contribution in [-0.4, -0.2) is 16.1 Å². The number of rotatable bonds is 5. The molecular formula is C16H13N3O2S2. The maximum atomic E-state index is 12.4. The molecule has 1 amide bonds. The van der Waals surface area contributed by atoms with Gasteiger partial charge in [0.25, 0.3) is 0 Å². The van der Waals surface area contributed by atoms with Gasteiger partial charge in [-0.25, -0.2) is 0 Å². The first-order valence-electron chi connectivity index (χ1n) is 7.18. The van der Waals surface area contributed by atoms with Gasteiger partial charge in [0.05, 0.1) is 12.0 Å². The van der Waals surface area contributed by atoms with Crippen LogP contribution in [-0.2, 0) is 4.79 Å². The predicted octanol–water partition coefficient (Wildman–Crippen LogP) is 4.02. The number of carbonyl (C=O) groups is 1. The zero-order valence-corrected chi connectivity index (χ0v) is 13.6. The Kier molecular flexibility index (Phi) is 3.88. The van der Waals surface area contributed by atoms with Crippen LogP contribution in [0.5, 0.6) is 0 Å². The van der Waals surface area contributed by atoms with E-state index in [2.05, 4.69) is 15.5 Å². The molecule has 1 N–H and O–H groups in total. The molecule has 1 aliphatic carbocycles. The van der Waals surface area contributed by atoms with Gasteiger partial charge in [-0.15, -0.1) is 10.2 Å². The highest BCUT2D eigenvalue weighted by atomic mass is 32.2. The molecule has 5 nitrogen and oxygen atoms in total. The lowest BCUT2D eigenvalue weighted by Gasteiger charge is -2.09. The lowest BCUT2D eigenvalue weighted by atomic mass is 10.2. The Hall–Kier alpha value is -2.12. The van der Waals surface area contributed by atoms with Crippen molar-refractivity contribution < 1.29 is 9.21 Å². The fourth-order valence-electron chi connectivity index (χ4n) is 2.49. The number of benzene rings is 1. The summed E-state index contributed by atoms with van der Waals surface area (Å²) in [4.78, 5) is 13.4. The Morgan fingerprint density at radius 2 is 2.22 bits per heavy atom. The van der Waals surface area contributed by atoms with Crippen molar-refractivity contribution in [3.8, 4) is 0 Å². The second-order valence-electron chi connectivity index (χ2n) is 5.26. The molecule has 7 heteroatoms. The molecule has 0 radical (unpaired) electrons. The summed E-state index contributed by atoms with van der Waals surface area (Å²) in [7, 11) is 0. The standard InChI is InChI=1S/C16H13N3O2S2/c20-15(11-8-10(11)13-5-3-7-21-13)18-12-4-1-2-6-14(12)23-16-19-17-9-22-16/h1-7,9-11H,8H2,(H,18,20). The SMILES string of the molecule is O=C(Nc1ccccc1Sc1nncs1)C1CC1c1ccco1. The maximum Gasteiger partial charge on any atom is 0.228 e. The van der Waals surface area contributed by atoms with Crippen LogP contribution in [0.3, 0.4) is 0 Å². The molecule has 2 atom stereocenters. The topological polar surface area (TPSA) is 68.0 Å². The molecule has 2 heterocycles. The minimum atomic E-state index is -0.0132. The molecule has 0 aliphatic heterocycles. The van der Waals surface area contributed by atoms with E-state index >= 15 is 0 Å². The molecule has 3 aromatic rings. The lowest BCUT2D eigenvalue weighted by molar-refractivity contribution is -0.117. The van der Waals surface area contributed by atoms with Crippen molar-refractivity contribution in [3.63, 3.8) is 0 Å². The number of nitrogens with zero attached hydrogens (tertiary/aromatic N) is 2. The van der Waals surface area contributed by atoms with Gasteiger partial charge in [0.2, 0.25) is 5.91 Å². The van der Waals surface area contributed by atoms with Crippen molar-refractivity contribution in [3.05, 3.63) is 53.9 Å². The van der Waals surface area contributed by atoms with Gasteiger partial charge in [-0.3, -0.25) is 4.79 Å². The highest BCUT2D eigenvalue weighted by Gasteiger charge is 2.45. The Bertz CT molecular complexity index is 803. The Morgan fingerprint density at radius 1 is 1.30 bits per heavy atom. The number of furan rings is 1. The van der Waals surface area contributed by atoms with E-state index in [0.29, 0.717) is 0 Å². The van der Waals surface area contributed by atoms with E-state index in [0.717, 1.165) is 27.1 Å². The first-order valence-corrected chi connectivity index (χ1v) is 8.88. The summed E-state index contributed by atoms with van der Waals surface area (Å²) in [6, 6.07) is 11.5. The van der Waals surface area contributed by atoms with Gasteiger partial charge in [-0.2, -0.15) is 0 Å². The number of hydrogen-bond acceptors (Lipinski definition) is 6.